The van der Waals surface area contributed by atoms with Gasteiger partial charge in [-0.15, -0.1) is 11.3 Å². The summed E-state index contributed by atoms with van der Waals surface area (Å²) in [6.45, 7) is 4.41. The molecule has 3 rings (SSSR count). The highest BCUT2D eigenvalue weighted by Crippen LogP contribution is 2.28. The van der Waals surface area contributed by atoms with Crippen molar-refractivity contribution in [2.75, 3.05) is 6.61 Å². The Balaban J connectivity index is 1.59. The fraction of sp³-hybridized carbons (Fsp3) is 0.400. The number of cyclic esters (lactones) is 1. The Kier molecular flexibility index (Phi) is 3.74. The summed E-state index contributed by atoms with van der Waals surface area (Å²) in [6.07, 6.45) is 0. The summed E-state index contributed by atoms with van der Waals surface area (Å²) in [4.78, 5) is 28.1. The summed E-state index contributed by atoms with van der Waals surface area (Å²) in [5.74, 6) is -0.389. The smallest absolute Gasteiger partial charge is 0.329 e. The predicted molar refractivity (Wildman–Crippen MR) is 83.5 cm³/mol. The van der Waals surface area contributed by atoms with Crippen molar-refractivity contribution < 1.29 is 14.3 Å². The molecule has 2 heterocycles. The van der Waals surface area contributed by atoms with E-state index in [2.05, 4.69) is 15.6 Å². The number of thiazole rings is 1. The summed E-state index contributed by atoms with van der Waals surface area (Å²) in [5.41, 5.74) is 0.523. The molecule has 0 bridgehead atoms. The molecule has 0 spiro atoms. The van der Waals surface area contributed by atoms with Gasteiger partial charge in [0.25, 0.3) is 0 Å². The molecule has 0 saturated carbocycles. The van der Waals surface area contributed by atoms with Crippen LogP contribution in [0, 0.1) is 5.41 Å². The number of amides is 2. The van der Waals surface area contributed by atoms with Crippen LogP contribution in [0.25, 0.3) is 10.2 Å². The normalized spacial score (nSPS) is 19.9. The zero-order chi connectivity index (χ0) is 15.7. The van der Waals surface area contributed by atoms with Gasteiger partial charge in [0.1, 0.15) is 11.0 Å². The largest absolute Gasteiger partial charge is 0.463 e. The number of hydrogen-bond acceptors (Lipinski definition) is 5. The minimum atomic E-state index is -0.622. The maximum absolute atomic E-state index is 12.0. The van der Waals surface area contributed by atoms with Crippen molar-refractivity contribution in [1.29, 1.82) is 0 Å². The third-order valence-electron chi connectivity index (χ3n) is 3.62. The van der Waals surface area contributed by atoms with Crippen LogP contribution in [0.15, 0.2) is 24.3 Å². The summed E-state index contributed by atoms with van der Waals surface area (Å²) in [5, 5.41) is 6.23. The molecule has 2 amide bonds. The Morgan fingerprint density at radius 1 is 1.45 bits per heavy atom. The van der Waals surface area contributed by atoms with E-state index in [1.807, 2.05) is 38.1 Å². The SMILES string of the molecule is CC1(C)COC(=O)C1NC(=O)NCc1nc2ccccc2s1. The van der Waals surface area contributed by atoms with Gasteiger partial charge in [0.15, 0.2) is 0 Å². The molecular formula is C15H17N3O3S. The number of nitrogens with one attached hydrogen (secondary N) is 2. The van der Waals surface area contributed by atoms with Crippen molar-refractivity contribution in [3.8, 4) is 0 Å². The maximum Gasteiger partial charge on any atom is 0.329 e. The van der Waals surface area contributed by atoms with E-state index in [1.165, 1.54) is 11.3 Å². The zero-order valence-electron chi connectivity index (χ0n) is 12.4. The first-order valence-electron chi connectivity index (χ1n) is 7.01. The number of carbonyl (C=O) groups excluding carboxylic acids is 2. The maximum atomic E-state index is 12.0. The topological polar surface area (TPSA) is 80.3 Å². The third kappa shape index (κ3) is 2.89. The van der Waals surface area contributed by atoms with E-state index in [9.17, 15) is 9.59 Å². The van der Waals surface area contributed by atoms with Crippen molar-refractivity contribution >= 4 is 33.6 Å². The first-order valence-corrected chi connectivity index (χ1v) is 7.83. The second kappa shape index (κ2) is 5.57. The van der Waals surface area contributed by atoms with E-state index in [0.29, 0.717) is 13.2 Å². The van der Waals surface area contributed by atoms with Gasteiger partial charge in [-0.3, -0.25) is 0 Å². The number of carbonyl (C=O) groups is 2. The standard InChI is InChI=1S/C15H17N3O3S/c1-15(2)8-21-13(19)12(15)18-14(20)16-7-11-17-9-5-3-4-6-10(9)22-11/h3-6,12H,7-8H2,1-2H3,(H2,16,18,20). The van der Waals surface area contributed by atoms with E-state index >= 15 is 0 Å². The molecule has 2 aromatic rings. The summed E-state index contributed by atoms with van der Waals surface area (Å²) in [7, 11) is 0. The van der Waals surface area contributed by atoms with Gasteiger partial charge in [0.05, 0.1) is 23.4 Å². The van der Waals surface area contributed by atoms with Crippen molar-refractivity contribution in [3.05, 3.63) is 29.3 Å². The van der Waals surface area contributed by atoms with Crippen LogP contribution in [0.4, 0.5) is 4.79 Å². The first kappa shape index (κ1) is 14.8. The number of nitrogens with zero attached hydrogens (tertiary/aromatic N) is 1. The lowest BCUT2D eigenvalue weighted by atomic mass is 9.88. The van der Waals surface area contributed by atoms with Gasteiger partial charge in [-0.1, -0.05) is 26.0 Å². The van der Waals surface area contributed by atoms with Crippen molar-refractivity contribution in [1.82, 2.24) is 15.6 Å². The predicted octanol–water partition coefficient (Wildman–Crippen LogP) is 2.05. The molecule has 7 heteroatoms. The second-order valence-electron chi connectivity index (χ2n) is 5.93. The van der Waals surface area contributed by atoms with Crippen LogP contribution in [0.3, 0.4) is 0 Å². The molecule has 22 heavy (non-hydrogen) atoms. The number of urea groups is 1. The summed E-state index contributed by atoms with van der Waals surface area (Å²) < 4.78 is 6.08. The molecule has 1 unspecified atom stereocenters. The Morgan fingerprint density at radius 2 is 2.23 bits per heavy atom. The van der Waals surface area contributed by atoms with E-state index in [0.717, 1.165) is 15.2 Å². The third-order valence-corrected chi connectivity index (χ3v) is 4.65. The van der Waals surface area contributed by atoms with Gasteiger partial charge < -0.3 is 15.4 Å². The molecule has 1 fully saturated rings. The molecule has 116 valence electrons. The molecular weight excluding hydrogens is 302 g/mol. The van der Waals surface area contributed by atoms with Crippen LogP contribution in [0.2, 0.25) is 0 Å². The van der Waals surface area contributed by atoms with E-state index in [4.69, 9.17) is 4.74 Å². The van der Waals surface area contributed by atoms with E-state index in [1.54, 1.807) is 0 Å². The summed E-state index contributed by atoms with van der Waals surface area (Å²) in [6, 6.07) is 6.80. The fourth-order valence-electron chi connectivity index (χ4n) is 2.33. The average Bonchev–Trinajstić information content (AvgIpc) is 3.00. The number of aromatic nitrogens is 1. The number of fused-ring (bicyclic) bond motifs is 1. The number of ether oxygens (including phenoxy) is 1. The molecule has 0 radical (unpaired) electrons. The van der Waals surface area contributed by atoms with Gasteiger partial charge in [-0.2, -0.15) is 0 Å². The van der Waals surface area contributed by atoms with Crippen LogP contribution in [-0.4, -0.2) is 29.6 Å². The molecule has 6 nitrogen and oxygen atoms in total. The number of para-hydroxylation sites is 1. The lowest BCUT2D eigenvalue weighted by Gasteiger charge is -2.22. The Hall–Kier alpha value is -2.15. The van der Waals surface area contributed by atoms with Crippen molar-refractivity contribution in [2.24, 2.45) is 5.41 Å². The van der Waals surface area contributed by atoms with Crippen LogP contribution >= 0.6 is 11.3 Å². The first-order chi connectivity index (χ1) is 10.5. The van der Waals surface area contributed by atoms with Crippen LogP contribution in [0.5, 0.6) is 0 Å². The molecule has 1 aliphatic heterocycles. The molecule has 2 N–H and O–H groups in total. The molecule has 1 atom stereocenters. The lowest BCUT2D eigenvalue weighted by molar-refractivity contribution is -0.139. The Labute approximate surface area is 131 Å². The highest BCUT2D eigenvalue weighted by molar-refractivity contribution is 7.18. The number of esters is 1. The minimum absolute atomic E-state index is 0.314. The van der Waals surface area contributed by atoms with Crippen LogP contribution in [-0.2, 0) is 16.1 Å². The number of benzene rings is 1. The Morgan fingerprint density at radius 3 is 2.91 bits per heavy atom. The van der Waals surface area contributed by atoms with Gasteiger partial charge in [-0.05, 0) is 12.1 Å². The molecule has 1 aromatic heterocycles. The minimum Gasteiger partial charge on any atom is -0.463 e. The quantitative estimate of drug-likeness (QED) is 0.849. The molecule has 1 aromatic carbocycles. The highest BCUT2D eigenvalue weighted by Gasteiger charge is 2.44. The fourth-order valence-corrected chi connectivity index (χ4v) is 3.24. The van der Waals surface area contributed by atoms with E-state index in [-0.39, 0.29) is 5.97 Å². The van der Waals surface area contributed by atoms with E-state index < -0.39 is 17.5 Å². The average molecular weight is 319 g/mol. The van der Waals surface area contributed by atoms with Gasteiger partial charge >= 0.3 is 12.0 Å². The molecule has 1 aliphatic rings. The zero-order valence-corrected chi connectivity index (χ0v) is 13.2. The number of hydrogen-bond donors (Lipinski definition) is 2. The lowest BCUT2D eigenvalue weighted by Crippen LogP contribution is -2.49. The molecule has 0 aliphatic carbocycles. The van der Waals surface area contributed by atoms with Crippen LogP contribution < -0.4 is 10.6 Å². The van der Waals surface area contributed by atoms with Crippen molar-refractivity contribution in [3.63, 3.8) is 0 Å². The Bertz CT molecular complexity index is 693. The van der Waals surface area contributed by atoms with Crippen LogP contribution in [0.1, 0.15) is 18.9 Å². The molecule has 1 saturated heterocycles. The monoisotopic (exact) mass is 319 g/mol. The number of rotatable bonds is 3. The van der Waals surface area contributed by atoms with Crippen molar-refractivity contribution in [2.45, 2.75) is 26.4 Å². The van der Waals surface area contributed by atoms with Gasteiger partial charge in [-0.25, -0.2) is 14.6 Å². The van der Waals surface area contributed by atoms with Gasteiger partial charge in [0.2, 0.25) is 0 Å². The summed E-state index contributed by atoms with van der Waals surface area (Å²) >= 11 is 1.54. The van der Waals surface area contributed by atoms with Gasteiger partial charge in [0, 0.05) is 5.41 Å². The highest BCUT2D eigenvalue weighted by atomic mass is 32.1. The second-order valence-corrected chi connectivity index (χ2v) is 7.05.